The van der Waals surface area contributed by atoms with E-state index >= 15 is 0 Å². The average molecular weight is 415 g/mol. The summed E-state index contributed by atoms with van der Waals surface area (Å²) in [6.45, 7) is 3.79. The molecule has 2 heterocycles. The van der Waals surface area contributed by atoms with Crippen LogP contribution in [0.5, 0.6) is 5.75 Å². The Balaban J connectivity index is 1.48. The molecule has 29 heavy (non-hydrogen) atoms. The van der Waals surface area contributed by atoms with Gasteiger partial charge in [-0.1, -0.05) is 6.07 Å². The molecule has 154 valence electrons. The monoisotopic (exact) mass is 414 g/mol. The Morgan fingerprint density at radius 3 is 2.48 bits per heavy atom. The van der Waals surface area contributed by atoms with Crippen molar-refractivity contribution in [1.82, 2.24) is 4.31 Å². The van der Waals surface area contributed by atoms with Crippen molar-refractivity contribution in [2.45, 2.75) is 29.7 Å². The van der Waals surface area contributed by atoms with Crippen molar-refractivity contribution >= 4 is 15.7 Å². The summed E-state index contributed by atoms with van der Waals surface area (Å²) in [5.74, 6) is 1.11. The number of hydrogen-bond acceptors (Lipinski definition) is 5. The highest BCUT2D eigenvalue weighted by Gasteiger charge is 2.44. The van der Waals surface area contributed by atoms with Gasteiger partial charge in [0.15, 0.2) is 0 Å². The first-order valence-electron chi connectivity index (χ1n) is 10.2. The minimum atomic E-state index is -3.56. The number of anilines is 1. The zero-order valence-corrected chi connectivity index (χ0v) is 17.4. The van der Waals surface area contributed by atoms with Crippen molar-refractivity contribution in [1.29, 1.82) is 0 Å². The molecule has 0 amide bonds. The Morgan fingerprint density at radius 1 is 1.00 bits per heavy atom. The second kappa shape index (κ2) is 7.31. The van der Waals surface area contributed by atoms with Crippen molar-refractivity contribution in [2.75, 3.05) is 44.9 Å². The second-order valence-corrected chi connectivity index (χ2v) is 9.83. The molecule has 2 aromatic rings. The molecule has 5 rings (SSSR count). The van der Waals surface area contributed by atoms with E-state index in [1.807, 2.05) is 0 Å². The second-order valence-electron chi connectivity index (χ2n) is 7.94. The molecule has 2 atom stereocenters. The van der Waals surface area contributed by atoms with Crippen LogP contribution in [0.2, 0.25) is 0 Å². The quantitative estimate of drug-likeness (QED) is 0.769. The van der Waals surface area contributed by atoms with Crippen LogP contribution in [0, 0.1) is 0 Å². The lowest BCUT2D eigenvalue weighted by Gasteiger charge is -2.33. The highest BCUT2D eigenvalue weighted by atomic mass is 32.2. The van der Waals surface area contributed by atoms with Crippen molar-refractivity contribution in [3.05, 3.63) is 53.6 Å². The van der Waals surface area contributed by atoms with Crippen LogP contribution in [0.3, 0.4) is 0 Å². The Hall–Kier alpha value is -2.09. The summed E-state index contributed by atoms with van der Waals surface area (Å²) in [7, 11) is -1.98. The Labute approximate surface area is 172 Å². The van der Waals surface area contributed by atoms with Crippen LogP contribution >= 0.6 is 0 Å². The molecule has 7 heteroatoms. The van der Waals surface area contributed by atoms with Crippen LogP contribution in [0.15, 0.2) is 47.4 Å². The number of hydrogen-bond donors (Lipinski definition) is 0. The van der Waals surface area contributed by atoms with Crippen molar-refractivity contribution in [3.8, 4) is 5.75 Å². The predicted octanol–water partition coefficient (Wildman–Crippen LogP) is 3.15. The molecule has 2 bridgehead atoms. The summed E-state index contributed by atoms with van der Waals surface area (Å²) in [5.41, 5.74) is 3.66. The van der Waals surface area contributed by atoms with Crippen LogP contribution in [0.25, 0.3) is 0 Å². The van der Waals surface area contributed by atoms with Crippen LogP contribution in [0.1, 0.15) is 35.9 Å². The van der Waals surface area contributed by atoms with Gasteiger partial charge in [-0.25, -0.2) is 8.42 Å². The largest absolute Gasteiger partial charge is 0.497 e. The highest BCUT2D eigenvalue weighted by molar-refractivity contribution is 7.89. The number of benzene rings is 2. The van der Waals surface area contributed by atoms with E-state index in [9.17, 15) is 8.42 Å². The lowest BCUT2D eigenvalue weighted by molar-refractivity contribution is 0.122. The van der Waals surface area contributed by atoms with E-state index in [-0.39, 0.29) is 6.04 Å². The topological polar surface area (TPSA) is 59.1 Å². The summed E-state index contributed by atoms with van der Waals surface area (Å²) in [5, 5.41) is 0. The molecule has 2 aliphatic heterocycles. The van der Waals surface area contributed by atoms with E-state index in [4.69, 9.17) is 9.47 Å². The van der Waals surface area contributed by atoms with Gasteiger partial charge in [-0.15, -0.1) is 0 Å². The number of ether oxygens (including phenoxy) is 2. The molecule has 2 saturated heterocycles. The standard InChI is InChI=1S/C22H26N2O4S/c1-27-18-3-5-19(6-4-18)29(25,26)24-9-8-16-14-22(24)21-15-17(2-7-20(16)21)23-10-12-28-13-11-23/h2-7,15-16,22H,8-14H2,1H3. The molecule has 0 N–H and O–H groups in total. The van der Waals surface area contributed by atoms with E-state index in [0.717, 1.165) is 39.1 Å². The molecule has 0 spiro atoms. The van der Waals surface area contributed by atoms with Gasteiger partial charge in [0.1, 0.15) is 5.75 Å². The van der Waals surface area contributed by atoms with E-state index < -0.39 is 10.0 Å². The number of rotatable bonds is 4. The first kappa shape index (κ1) is 18.9. The summed E-state index contributed by atoms with van der Waals surface area (Å²) >= 11 is 0. The highest BCUT2D eigenvalue weighted by Crippen LogP contribution is 2.51. The van der Waals surface area contributed by atoms with Gasteiger partial charge < -0.3 is 14.4 Å². The van der Waals surface area contributed by atoms with E-state index in [0.29, 0.717) is 23.1 Å². The maximum atomic E-state index is 13.4. The van der Waals surface area contributed by atoms with Gasteiger partial charge >= 0.3 is 0 Å². The Kier molecular flexibility index (Phi) is 4.76. The van der Waals surface area contributed by atoms with Gasteiger partial charge in [-0.2, -0.15) is 4.31 Å². The fourth-order valence-corrected chi connectivity index (χ4v) is 6.55. The molecule has 2 aromatic carbocycles. The zero-order valence-electron chi connectivity index (χ0n) is 16.6. The minimum Gasteiger partial charge on any atom is -0.497 e. The normalized spacial score (nSPS) is 24.4. The maximum absolute atomic E-state index is 13.4. The molecule has 0 saturated carbocycles. The molecular weight excluding hydrogens is 388 g/mol. The number of morpholine rings is 1. The van der Waals surface area contributed by atoms with Crippen LogP contribution in [-0.2, 0) is 14.8 Å². The third-order valence-electron chi connectivity index (χ3n) is 6.46. The first-order chi connectivity index (χ1) is 14.1. The third kappa shape index (κ3) is 3.21. The minimum absolute atomic E-state index is 0.0863. The third-order valence-corrected chi connectivity index (χ3v) is 8.39. The lowest BCUT2D eigenvalue weighted by Crippen LogP contribution is -2.38. The maximum Gasteiger partial charge on any atom is 0.243 e. The Bertz CT molecular complexity index is 1000. The van der Waals surface area contributed by atoms with Crippen LogP contribution in [0.4, 0.5) is 5.69 Å². The molecule has 1 aliphatic carbocycles. The summed E-state index contributed by atoms with van der Waals surface area (Å²) in [6, 6.07) is 13.2. The number of fused-ring (bicyclic) bond motifs is 5. The molecule has 2 fully saturated rings. The van der Waals surface area contributed by atoms with Gasteiger partial charge in [0.05, 0.1) is 31.3 Å². The fraction of sp³-hybridized carbons (Fsp3) is 0.455. The fourth-order valence-electron chi connectivity index (χ4n) is 4.92. The van der Waals surface area contributed by atoms with Gasteiger partial charge in [0, 0.05) is 25.3 Å². The molecular formula is C22H26N2O4S. The number of nitrogens with zero attached hydrogens (tertiary/aromatic N) is 2. The van der Waals surface area contributed by atoms with Crippen molar-refractivity contribution < 1.29 is 17.9 Å². The molecule has 0 radical (unpaired) electrons. The van der Waals surface area contributed by atoms with Crippen molar-refractivity contribution in [3.63, 3.8) is 0 Å². The van der Waals surface area contributed by atoms with Gasteiger partial charge in [0.25, 0.3) is 0 Å². The molecule has 6 nitrogen and oxygen atoms in total. The van der Waals surface area contributed by atoms with E-state index in [2.05, 4.69) is 23.1 Å². The van der Waals surface area contributed by atoms with Gasteiger partial charge in [-0.3, -0.25) is 0 Å². The zero-order chi connectivity index (χ0) is 20.0. The lowest BCUT2D eigenvalue weighted by atomic mass is 9.96. The number of sulfonamides is 1. The number of piperidine rings is 1. The van der Waals surface area contributed by atoms with E-state index in [1.165, 1.54) is 16.8 Å². The van der Waals surface area contributed by atoms with Gasteiger partial charge in [0.2, 0.25) is 10.0 Å². The number of methoxy groups -OCH3 is 1. The average Bonchev–Trinajstić information content (AvgIpc) is 3.05. The molecule has 0 aromatic heterocycles. The summed E-state index contributed by atoms with van der Waals surface area (Å²) in [4.78, 5) is 2.66. The SMILES string of the molecule is COc1ccc(S(=O)(=O)N2CCC3CC2c2cc(N4CCOCC4)ccc23)cc1. The summed E-state index contributed by atoms with van der Waals surface area (Å²) < 4.78 is 39.2. The van der Waals surface area contributed by atoms with E-state index in [1.54, 1.807) is 35.7 Å². The molecule has 2 unspecified atom stereocenters. The smallest absolute Gasteiger partial charge is 0.243 e. The van der Waals surface area contributed by atoms with Crippen LogP contribution < -0.4 is 9.64 Å². The summed E-state index contributed by atoms with van der Waals surface area (Å²) in [6.07, 6.45) is 1.74. The first-order valence-corrected chi connectivity index (χ1v) is 11.6. The van der Waals surface area contributed by atoms with Gasteiger partial charge in [-0.05, 0) is 66.3 Å². The predicted molar refractivity (Wildman–Crippen MR) is 111 cm³/mol. The van der Waals surface area contributed by atoms with Crippen molar-refractivity contribution in [2.24, 2.45) is 0 Å². The molecule has 3 aliphatic rings. The van der Waals surface area contributed by atoms with Crippen LogP contribution in [-0.4, -0.2) is 52.7 Å². The Morgan fingerprint density at radius 2 is 1.76 bits per heavy atom.